The van der Waals surface area contributed by atoms with Crippen LogP contribution in [-0.2, 0) is 14.8 Å². The van der Waals surface area contributed by atoms with Gasteiger partial charge in [-0.3, -0.25) is 4.79 Å². The first-order chi connectivity index (χ1) is 11.6. The zero-order valence-electron chi connectivity index (χ0n) is 15.2. The molecule has 0 atom stereocenters. The fraction of sp³-hybridized carbons (Fsp3) is 0.688. The van der Waals surface area contributed by atoms with Gasteiger partial charge in [-0.25, -0.2) is 8.42 Å². The van der Waals surface area contributed by atoms with Crippen LogP contribution in [0.15, 0.2) is 21.6 Å². The van der Waals surface area contributed by atoms with E-state index in [0.717, 1.165) is 6.54 Å². The molecule has 1 aliphatic rings. The van der Waals surface area contributed by atoms with Crippen LogP contribution in [-0.4, -0.2) is 77.0 Å². The summed E-state index contributed by atoms with van der Waals surface area (Å²) in [6.45, 7) is 6.63. The lowest BCUT2D eigenvalue weighted by Crippen LogP contribution is -2.40. The van der Waals surface area contributed by atoms with Crippen molar-refractivity contribution in [1.29, 1.82) is 0 Å². The van der Waals surface area contributed by atoms with Crippen molar-refractivity contribution in [3.05, 3.63) is 17.9 Å². The molecule has 1 aromatic rings. The van der Waals surface area contributed by atoms with Crippen molar-refractivity contribution in [3.63, 3.8) is 0 Å². The van der Waals surface area contributed by atoms with E-state index in [1.807, 2.05) is 32.8 Å². The van der Waals surface area contributed by atoms with Crippen molar-refractivity contribution < 1.29 is 22.4 Å². The molecule has 0 aliphatic carbocycles. The molecule has 0 bridgehead atoms. The molecular formula is C16H27N3O5S. The Balaban J connectivity index is 2.01. The summed E-state index contributed by atoms with van der Waals surface area (Å²) in [5.41, 5.74) is -0.117. The molecule has 0 aromatic carbocycles. The first kappa shape index (κ1) is 19.9. The normalized spacial score (nSPS) is 17.0. The molecule has 1 amide bonds. The first-order valence-corrected chi connectivity index (χ1v) is 9.66. The minimum Gasteiger partial charge on any atom is -0.438 e. The van der Waals surface area contributed by atoms with Gasteiger partial charge in [0.05, 0.1) is 13.2 Å². The lowest BCUT2D eigenvalue weighted by molar-refractivity contribution is 0.0722. The molecule has 8 nitrogen and oxygen atoms in total. The van der Waals surface area contributed by atoms with E-state index < -0.39 is 15.9 Å². The van der Waals surface area contributed by atoms with Crippen molar-refractivity contribution >= 4 is 15.9 Å². The zero-order chi connectivity index (χ0) is 18.7. The van der Waals surface area contributed by atoms with Crippen LogP contribution in [0.1, 0.15) is 24.4 Å². The van der Waals surface area contributed by atoms with Gasteiger partial charge in [-0.2, -0.15) is 4.31 Å². The second kappa shape index (κ2) is 7.86. The van der Waals surface area contributed by atoms with Gasteiger partial charge in [-0.1, -0.05) is 13.8 Å². The smallest absolute Gasteiger partial charge is 0.287 e. The molecule has 2 rings (SSSR count). The number of morpholine rings is 1. The molecule has 25 heavy (non-hydrogen) atoms. The summed E-state index contributed by atoms with van der Waals surface area (Å²) in [6.07, 6.45) is 0. The number of carbonyl (C=O) groups excluding carboxylic acids is 1. The van der Waals surface area contributed by atoms with Crippen LogP contribution >= 0.6 is 0 Å². The molecule has 1 saturated heterocycles. The second-order valence-electron chi connectivity index (χ2n) is 7.22. The van der Waals surface area contributed by atoms with Gasteiger partial charge in [-0.15, -0.1) is 0 Å². The number of nitrogens with zero attached hydrogens (tertiary/aromatic N) is 2. The van der Waals surface area contributed by atoms with Gasteiger partial charge in [-0.05, 0) is 31.6 Å². The zero-order valence-corrected chi connectivity index (χ0v) is 16.1. The molecule has 1 aromatic heterocycles. The number of nitrogens with one attached hydrogen (secondary N) is 1. The molecule has 2 heterocycles. The largest absolute Gasteiger partial charge is 0.438 e. The van der Waals surface area contributed by atoms with Crippen molar-refractivity contribution in [2.75, 3.05) is 53.5 Å². The van der Waals surface area contributed by atoms with Gasteiger partial charge in [0.2, 0.25) is 5.09 Å². The fourth-order valence-corrected chi connectivity index (χ4v) is 4.13. The van der Waals surface area contributed by atoms with E-state index in [0.29, 0.717) is 19.8 Å². The summed E-state index contributed by atoms with van der Waals surface area (Å²) in [7, 11) is 0.208. The highest BCUT2D eigenvalue weighted by atomic mass is 32.2. The van der Waals surface area contributed by atoms with Crippen LogP contribution in [0.3, 0.4) is 0 Å². The quantitative estimate of drug-likeness (QED) is 0.753. The van der Waals surface area contributed by atoms with E-state index in [-0.39, 0.29) is 29.4 Å². The number of ether oxygens (including phenoxy) is 1. The minimum absolute atomic E-state index is 0.00696. The highest BCUT2D eigenvalue weighted by molar-refractivity contribution is 7.89. The predicted octanol–water partition coefficient (Wildman–Crippen LogP) is 0.618. The molecule has 0 spiro atoms. The third kappa shape index (κ3) is 5.27. The van der Waals surface area contributed by atoms with Gasteiger partial charge in [0.15, 0.2) is 5.76 Å². The number of carbonyl (C=O) groups is 1. The Bertz CT molecular complexity index is 690. The molecular weight excluding hydrogens is 346 g/mol. The Morgan fingerprint density at radius 2 is 1.92 bits per heavy atom. The second-order valence-corrected chi connectivity index (χ2v) is 9.09. The number of rotatable bonds is 7. The third-order valence-electron chi connectivity index (χ3n) is 3.84. The fourth-order valence-electron chi connectivity index (χ4n) is 2.81. The monoisotopic (exact) mass is 373 g/mol. The van der Waals surface area contributed by atoms with Gasteiger partial charge in [0.25, 0.3) is 15.9 Å². The van der Waals surface area contributed by atoms with Gasteiger partial charge >= 0.3 is 0 Å². The van der Waals surface area contributed by atoms with Gasteiger partial charge < -0.3 is 19.4 Å². The Labute approximate surface area is 149 Å². The highest BCUT2D eigenvalue weighted by Crippen LogP contribution is 2.20. The van der Waals surface area contributed by atoms with Gasteiger partial charge in [0, 0.05) is 26.2 Å². The topological polar surface area (TPSA) is 92.1 Å². The molecule has 142 valence electrons. The summed E-state index contributed by atoms with van der Waals surface area (Å²) in [5, 5.41) is 2.59. The average molecular weight is 373 g/mol. The number of hydrogen-bond acceptors (Lipinski definition) is 6. The Hall–Kier alpha value is -1.42. The Kier molecular flexibility index (Phi) is 6.26. The predicted molar refractivity (Wildman–Crippen MR) is 93.0 cm³/mol. The standard InChI is InChI=1S/C16H27N3O5S/c1-16(2,12-18(3)4)11-17-15(20)13-5-6-14(24-13)25(21,22)19-7-9-23-10-8-19/h5-6H,7-12H2,1-4H3,(H,17,20). The SMILES string of the molecule is CN(C)CC(C)(C)CNC(=O)c1ccc(S(=O)(=O)N2CCOCC2)o1. The summed E-state index contributed by atoms with van der Waals surface area (Å²) in [5.74, 6) is -0.428. The van der Waals surface area contributed by atoms with E-state index >= 15 is 0 Å². The summed E-state index contributed by atoms with van der Waals surface area (Å²) < 4.78 is 36.8. The molecule has 1 aliphatic heterocycles. The van der Waals surface area contributed by atoms with E-state index in [1.165, 1.54) is 16.4 Å². The van der Waals surface area contributed by atoms with Gasteiger partial charge in [0.1, 0.15) is 0 Å². The lowest BCUT2D eigenvalue weighted by atomic mass is 9.93. The van der Waals surface area contributed by atoms with Crippen molar-refractivity contribution in [3.8, 4) is 0 Å². The number of sulfonamides is 1. The van der Waals surface area contributed by atoms with E-state index in [1.54, 1.807) is 0 Å². The highest BCUT2D eigenvalue weighted by Gasteiger charge is 2.30. The van der Waals surface area contributed by atoms with Crippen LogP contribution in [0.5, 0.6) is 0 Å². The first-order valence-electron chi connectivity index (χ1n) is 8.22. The summed E-state index contributed by atoms with van der Waals surface area (Å²) in [6, 6.07) is 2.71. The van der Waals surface area contributed by atoms with Crippen LogP contribution in [0, 0.1) is 5.41 Å². The third-order valence-corrected chi connectivity index (χ3v) is 5.61. The molecule has 0 radical (unpaired) electrons. The minimum atomic E-state index is -3.73. The van der Waals surface area contributed by atoms with Crippen LogP contribution in [0.4, 0.5) is 0 Å². The maximum atomic E-state index is 12.5. The van der Waals surface area contributed by atoms with E-state index in [9.17, 15) is 13.2 Å². The maximum Gasteiger partial charge on any atom is 0.287 e. The van der Waals surface area contributed by atoms with Crippen LogP contribution < -0.4 is 5.32 Å². The summed E-state index contributed by atoms with van der Waals surface area (Å²) >= 11 is 0. The summed E-state index contributed by atoms with van der Waals surface area (Å²) in [4.78, 5) is 14.3. The number of furan rings is 1. The van der Waals surface area contributed by atoms with Crippen LogP contribution in [0.2, 0.25) is 0 Å². The molecule has 1 fully saturated rings. The molecule has 0 unspecified atom stereocenters. The number of amides is 1. The van der Waals surface area contributed by atoms with Crippen molar-refractivity contribution in [2.24, 2.45) is 5.41 Å². The maximum absolute atomic E-state index is 12.5. The van der Waals surface area contributed by atoms with Crippen molar-refractivity contribution in [2.45, 2.75) is 18.9 Å². The molecule has 0 saturated carbocycles. The lowest BCUT2D eigenvalue weighted by Gasteiger charge is -2.28. The molecule has 9 heteroatoms. The Morgan fingerprint density at radius 3 is 2.52 bits per heavy atom. The Morgan fingerprint density at radius 1 is 1.28 bits per heavy atom. The molecule has 1 N–H and O–H groups in total. The number of hydrogen-bond donors (Lipinski definition) is 1. The van der Waals surface area contributed by atoms with E-state index in [4.69, 9.17) is 9.15 Å². The van der Waals surface area contributed by atoms with Crippen LogP contribution in [0.25, 0.3) is 0 Å². The van der Waals surface area contributed by atoms with E-state index in [2.05, 4.69) is 5.32 Å². The van der Waals surface area contributed by atoms with Crippen molar-refractivity contribution in [1.82, 2.24) is 14.5 Å². The average Bonchev–Trinajstić information content (AvgIpc) is 3.03.